The minimum Gasteiger partial charge on any atom is -0.494 e. The van der Waals surface area contributed by atoms with Crippen molar-refractivity contribution in [1.82, 2.24) is 4.90 Å². The number of hydrogen-bond acceptors (Lipinski definition) is 3. The van der Waals surface area contributed by atoms with E-state index in [-0.39, 0.29) is 0 Å². The summed E-state index contributed by atoms with van der Waals surface area (Å²) < 4.78 is 5.77. The Morgan fingerprint density at radius 2 is 1.74 bits per heavy atom. The summed E-state index contributed by atoms with van der Waals surface area (Å²) in [5.74, 6) is 0.967. The number of rotatable bonds is 6. The lowest BCUT2D eigenvalue weighted by Crippen LogP contribution is -2.26. The molecule has 0 atom stereocenters. The summed E-state index contributed by atoms with van der Waals surface area (Å²) in [6.07, 6.45) is 6.67. The van der Waals surface area contributed by atoms with Gasteiger partial charge in [-0.2, -0.15) is 0 Å². The van der Waals surface area contributed by atoms with Crippen LogP contribution in [0, 0.1) is 0 Å². The molecule has 0 unspecified atom stereocenters. The van der Waals surface area contributed by atoms with E-state index in [1.807, 2.05) is 31.3 Å². The Hall–Kier alpha value is -1.22. The first-order chi connectivity index (χ1) is 9.38. The van der Waals surface area contributed by atoms with Crippen LogP contribution in [0.25, 0.3) is 0 Å². The average Bonchev–Trinajstić information content (AvgIpc) is 2.73. The third kappa shape index (κ3) is 5.11. The number of nitrogens with one attached hydrogen (secondary N) is 1. The Morgan fingerprint density at radius 3 is 2.37 bits per heavy atom. The molecule has 1 aliphatic rings. The van der Waals surface area contributed by atoms with Gasteiger partial charge in [-0.15, -0.1) is 0 Å². The fourth-order valence-corrected chi connectivity index (χ4v) is 2.56. The van der Waals surface area contributed by atoms with Crippen LogP contribution in [-0.2, 0) is 0 Å². The number of anilines is 1. The molecule has 0 bridgehead atoms. The topological polar surface area (TPSA) is 24.5 Å². The van der Waals surface area contributed by atoms with Crippen LogP contribution >= 0.6 is 0 Å². The molecule has 0 spiro atoms. The number of nitrogens with zero attached hydrogens (tertiary/aromatic N) is 1. The van der Waals surface area contributed by atoms with Crippen molar-refractivity contribution >= 4 is 5.69 Å². The second-order valence-electron chi connectivity index (χ2n) is 5.23. The summed E-state index contributed by atoms with van der Waals surface area (Å²) in [6.45, 7) is 4.54. The summed E-state index contributed by atoms with van der Waals surface area (Å²) in [4.78, 5) is 2.58. The van der Waals surface area contributed by atoms with Crippen LogP contribution in [0.1, 0.15) is 32.1 Å². The Bertz CT molecular complexity index is 342. The molecule has 19 heavy (non-hydrogen) atoms. The van der Waals surface area contributed by atoms with E-state index in [0.717, 1.165) is 24.5 Å². The van der Waals surface area contributed by atoms with Gasteiger partial charge < -0.3 is 15.0 Å². The quantitative estimate of drug-likeness (QED) is 0.795. The molecule has 1 saturated heterocycles. The first-order valence-electron chi connectivity index (χ1n) is 7.51. The number of benzene rings is 1. The molecule has 0 saturated carbocycles. The smallest absolute Gasteiger partial charge is 0.119 e. The molecule has 106 valence electrons. The van der Waals surface area contributed by atoms with E-state index in [0.29, 0.717) is 0 Å². The average molecular weight is 262 g/mol. The summed E-state index contributed by atoms with van der Waals surface area (Å²) in [5, 5.41) is 3.11. The van der Waals surface area contributed by atoms with Crippen LogP contribution in [0.5, 0.6) is 5.75 Å². The summed E-state index contributed by atoms with van der Waals surface area (Å²) in [7, 11) is 1.93. The molecule has 3 heteroatoms. The van der Waals surface area contributed by atoms with E-state index in [9.17, 15) is 0 Å². The Morgan fingerprint density at radius 1 is 1.05 bits per heavy atom. The zero-order valence-electron chi connectivity index (χ0n) is 12.0. The van der Waals surface area contributed by atoms with Gasteiger partial charge in [-0.1, -0.05) is 12.8 Å². The van der Waals surface area contributed by atoms with Crippen molar-refractivity contribution in [3.05, 3.63) is 24.3 Å². The molecule has 1 aliphatic heterocycles. The van der Waals surface area contributed by atoms with E-state index < -0.39 is 0 Å². The van der Waals surface area contributed by atoms with Crippen molar-refractivity contribution in [2.24, 2.45) is 0 Å². The Labute approximate surface area is 116 Å². The second-order valence-corrected chi connectivity index (χ2v) is 5.23. The highest BCUT2D eigenvalue weighted by atomic mass is 16.5. The van der Waals surface area contributed by atoms with Gasteiger partial charge in [-0.3, -0.25) is 0 Å². The molecule has 0 amide bonds. The standard InChI is InChI=1S/C16H26N2O/c1-17-15-7-9-16(10-8-15)19-14-6-13-18-11-4-2-3-5-12-18/h7-10,17H,2-6,11-14H2,1H3. The third-order valence-corrected chi connectivity index (χ3v) is 3.73. The van der Waals surface area contributed by atoms with Crippen molar-refractivity contribution < 1.29 is 4.74 Å². The number of ether oxygens (including phenoxy) is 1. The van der Waals surface area contributed by atoms with Gasteiger partial charge in [0.05, 0.1) is 6.61 Å². The lowest BCUT2D eigenvalue weighted by Gasteiger charge is -2.19. The molecule has 0 aliphatic carbocycles. The molecule has 1 N–H and O–H groups in total. The van der Waals surface area contributed by atoms with Gasteiger partial charge in [0.25, 0.3) is 0 Å². The van der Waals surface area contributed by atoms with E-state index >= 15 is 0 Å². The van der Waals surface area contributed by atoms with Gasteiger partial charge in [0.2, 0.25) is 0 Å². The normalized spacial score (nSPS) is 16.9. The van der Waals surface area contributed by atoms with Gasteiger partial charge in [-0.25, -0.2) is 0 Å². The fourth-order valence-electron chi connectivity index (χ4n) is 2.56. The summed E-state index contributed by atoms with van der Waals surface area (Å²) >= 11 is 0. The Balaban J connectivity index is 1.62. The first kappa shape index (κ1) is 14.2. The van der Waals surface area contributed by atoms with Crippen LogP contribution in [-0.4, -0.2) is 38.2 Å². The van der Waals surface area contributed by atoms with Crippen LogP contribution in [0.3, 0.4) is 0 Å². The van der Waals surface area contributed by atoms with Gasteiger partial charge in [0.15, 0.2) is 0 Å². The highest BCUT2D eigenvalue weighted by Crippen LogP contribution is 2.15. The maximum atomic E-state index is 5.77. The van der Waals surface area contributed by atoms with Crippen molar-refractivity contribution in [2.75, 3.05) is 38.6 Å². The molecule has 1 aromatic rings. The first-order valence-corrected chi connectivity index (χ1v) is 7.51. The van der Waals surface area contributed by atoms with Crippen molar-refractivity contribution in [3.63, 3.8) is 0 Å². The molecule has 1 fully saturated rings. The molecule has 0 radical (unpaired) electrons. The molecule has 1 heterocycles. The summed E-state index contributed by atoms with van der Waals surface area (Å²) in [6, 6.07) is 8.14. The third-order valence-electron chi connectivity index (χ3n) is 3.73. The number of hydrogen-bond donors (Lipinski definition) is 1. The largest absolute Gasteiger partial charge is 0.494 e. The van der Waals surface area contributed by atoms with Crippen molar-refractivity contribution in [3.8, 4) is 5.75 Å². The van der Waals surface area contributed by atoms with Gasteiger partial charge in [0, 0.05) is 19.3 Å². The molecule has 0 aromatic heterocycles. The molecule has 3 nitrogen and oxygen atoms in total. The second kappa shape index (κ2) is 8.05. The van der Waals surface area contributed by atoms with Crippen LogP contribution < -0.4 is 10.1 Å². The monoisotopic (exact) mass is 262 g/mol. The predicted molar refractivity (Wildman–Crippen MR) is 81.0 cm³/mol. The van der Waals surface area contributed by atoms with E-state index in [4.69, 9.17) is 4.74 Å². The maximum Gasteiger partial charge on any atom is 0.119 e. The summed E-state index contributed by atoms with van der Waals surface area (Å²) in [5.41, 5.74) is 1.12. The van der Waals surface area contributed by atoms with Crippen molar-refractivity contribution in [1.29, 1.82) is 0 Å². The lowest BCUT2D eigenvalue weighted by molar-refractivity contribution is 0.240. The van der Waals surface area contributed by atoms with Gasteiger partial charge in [-0.05, 0) is 56.6 Å². The van der Waals surface area contributed by atoms with Crippen LogP contribution in [0.15, 0.2) is 24.3 Å². The van der Waals surface area contributed by atoms with Gasteiger partial charge >= 0.3 is 0 Å². The van der Waals surface area contributed by atoms with E-state index in [2.05, 4.69) is 10.2 Å². The Kier molecular flexibility index (Phi) is 6.02. The molecule has 1 aromatic carbocycles. The number of likely N-dealkylation sites (tertiary alicyclic amines) is 1. The fraction of sp³-hybridized carbons (Fsp3) is 0.625. The highest BCUT2D eigenvalue weighted by Gasteiger charge is 2.08. The van der Waals surface area contributed by atoms with Crippen molar-refractivity contribution in [2.45, 2.75) is 32.1 Å². The molecule has 2 rings (SSSR count). The lowest BCUT2D eigenvalue weighted by atomic mass is 10.2. The molecular formula is C16H26N2O. The predicted octanol–water partition coefficient (Wildman–Crippen LogP) is 3.37. The zero-order chi connectivity index (χ0) is 13.3. The zero-order valence-corrected chi connectivity index (χ0v) is 12.0. The minimum absolute atomic E-state index is 0.815. The van der Waals surface area contributed by atoms with Gasteiger partial charge in [0.1, 0.15) is 5.75 Å². The maximum absolute atomic E-state index is 5.77. The van der Waals surface area contributed by atoms with Crippen LogP contribution in [0.2, 0.25) is 0 Å². The van der Waals surface area contributed by atoms with E-state index in [1.165, 1.54) is 45.3 Å². The minimum atomic E-state index is 0.815. The van der Waals surface area contributed by atoms with E-state index in [1.54, 1.807) is 0 Å². The van der Waals surface area contributed by atoms with Crippen LogP contribution in [0.4, 0.5) is 5.69 Å². The SMILES string of the molecule is CNc1ccc(OCCCN2CCCCCC2)cc1. The highest BCUT2D eigenvalue weighted by molar-refractivity contribution is 5.45. The molecular weight excluding hydrogens is 236 g/mol.